The molecule has 1 aliphatic rings. The summed E-state index contributed by atoms with van der Waals surface area (Å²) in [6.07, 6.45) is 0.939. The molecular formula is C10H9ClO3S. The van der Waals surface area contributed by atoms with E-state index in [2.05, 4.69) is 0 Å². The van der Waals surface area contributed by atoms with Crippen LogP contribution in [0, 0.1) is 0 Å². The van der Waals surface area contributed by atoms with Gasteiger partial charge in [-0.15, -0.1) is 0 Å². The lowest BCUT2D eigenvalue weighted by Gasteiger charge is -2.06. The smallest absolute Gasteiger partial charge is 0.179 e. The number of halogens is 1. The monoisotopic (exact) mass is 244 g/mol. The maximum atomic E-state index is 11.7. The van der Waals surface area contributed by atoms with E-state index in [0.717, 1.165) is 6.29 Å². The molecule has 2 rings (SSSR count). The minimum absolute atomic E-state index is 0.00912. The summed E-state index contributed by atoms with van der Waals surface area (Å²) in [7, 11) is -3.24. The third kappa shape index (κ3) is 1.68. The van der Waals surface area contributed by atoms with Crippen LogP contribution in [0.15, 0.2) is 23.1 Å². The van der Waals surface area contributed by atoms with E-state index in [4.69, 9.17) is 11.6 Å². The first-order chi connectivity index (χ1) is 7.06. The third-order valence-electron chi connectivity index (χ3n) is 2.56. The van der Waals surface area contributed by atoms with E-state index >= 15 is 0 Å². The molecular weight excluding hydrogens is 236 g/mol. The van der Waals surface area contributed by atoms with Gasteiger partial charge in [-0.25, -0.2) is 8.42 Å². The number of fused-ring (bicyclic) bond motifs is 1. The van der Waals surface area contributed by atoms with Crippen molar-refractivity contribution in [2.24, 2.45) is 0 Å². The first kappa shape index (κ1) is 10.6. The van der Waals surface area contributed by atoms with Crippen molar-refractivity contribution >= 4 is 27.7 Å². The van der Waals surface area contributed by atoms with Gasteiger partial charge in [0.05, 0.1) is 10.6 Å². The Morgan fingerprint density at radius 1 is 1.47 bits per heavy atom. The molecule has 1 aliphatic heterocycles. The van der Waals surface area contributed by atoms with E-state index in [-0.39, 0.29) is 23.0 Å². The van der Waals surface area contributed by atoms with E-state index in [9.17, 15) is 13.2 Å². The average Bonchev–Trinajstić information content (AvgIpc) is 2.41. The lowest BCUT2D eigenvalue weighted by molar-refractivity contribution is -0.108. The van der Waals surface area contributed by atoms with Crippen LogP contribution in [0.25, 0.3) is 0 Å². The summed E-state index contributed by atoms with van der Waals surface area (Å²) in [4.78, 5) is 10.7. The van der Waals surface area contributed by atoms with Gasteiger partial charge < -0.3 is 4.79 Å². The van der Waals surface area contributed by atoms with Crippen molar-refractivity contribution in [1.82, 2.24) is 0 Å². The van der Waals surface area contributed by atoms with E-state index < -0.39 is 9.84 Å². The number of carbonyl (C=O) groups excluding carboxylic acids is 1. The van der Waals surface area contributed by atoms with Crippen molar-refractivity contribution < 1.29 is 13.2 Å². The zero-order valence-electron chi connectivity index (χ0n) is 7.81. The average molecular weight is 245 g/mol. The Balaban J connectivity index is 2.63. The number of sulfone groups is 1. The van der Waals surface area contributed by atoms with Crippen molar-refractivity contribution in [3.63, 3.8) is 0 Å². The number of hydrogen-bond donors (Lipinski definition) is 0. The highest BCUT2D eigenvalue weighted by molar-refractivity contribution is 7.91. The van der Waals surface area contributed by atoms with Crippen molar-refractivity contribution in [3.05, 3.63) is 28.8 Å². The number of benzene rings is 1. The van der Waals surface area contributed by atoms with Crippen molar-refractivity contribution in [1.29, 1.82) is 0 Å². The van der Waals surface area contributed by atoms with Crippen LogP contribution in [0.4, 0.5) is 0 Å². The third-order valence-corrected chi connectivity index (χ3v) is 4.75. The molecule has 1 unspecified atom stereocenters. The van der Waals surface area contributed by atoms with E-state index in [1.54, 1.807) is 18.2 Å². The van der Waals surface area contributed by atoms with Crippen LogP contribution in [0.2, 0.25) is 5.02 Å². The Labute approximate surface area is 93.0 Å². The molecule has 0 saturated carbocycles. The van der Waals surface area contributed by atoms with Crippen LogP contribution in [-0.2, 0) is 14.6 Å². The molecule has 3 nitrogen and oxygen atoms in total. The summed E-state index contributed by atoms with van der Waals surface area (Å²) in [5.74, 6) is -0.290. The number of hydrogen-bond acceptors (Lipinski definition) is 3. The maximum absolute atomic E-state index is 11.7. The molecule has 1 heterocycles. The second-order valence-electron chi connectivity index (χ2n) is 3.53. The molecule has 0 aliphatic carbocycles. The Morgan fingerprint density at radius 2 is 2.20 bits per heavy atom. The molecule has 0 N–H and O–H groups in total. The lowest BCUT2D eigenvalue weighted by Crippen LogP contribution is -2.03. The topological polar surface area (TPSA) is 51.2 Å². The van der Waals surface area contributed by atoms with Gasteiger partial charge >= 0.3 is 0 Å². The van der Waals surface area contributed by atoms with Crippen LogP contribution in [0.3, 0.4) is 0 Å². The second kappa shape index (κ2) is 3.61. The second-order valence-corrected chi connectivity index (χ2v) is 5.94. The number of carbonyl (C=O) groups is 1. The molecule has 1 aromatic carbocycles. The van der Waals surface area contributed by atoms with Gasteiger partial charge in [-0.1, -0.05) is 17.7 Å². The van der Waals surface area contributed by atoms with Gasteiger partial charge in [0, 0.05) is 17.4 Å². The SMILES string of the molecule is O=CCC1CS(=O)(=O)c2cccc(Cl)c21. The Bertz CT molecular complexity index is 507. The molecule has 1 aromatic rings. The highest BCUT2D eigenvalue weighted by Crippen LogP contribution is 2.40. The summed E-state index contributed by atoms with van der Waals surface area (Å²) in [5.41, 5.74) is 0.603. The van der Waals surface area contributed by atoms with Crippen molar-refractivity contribution in [2.45, 2.75) is 17.2 Å². The molecule has 15 heavy (non-hydrogen) atoms. The molecule has 0 saturated heterocycles. The van der Waals surface area contributed by atoms with Crippen LogP contribution < -0.4 is 0 Å². The summed E-state index contributed by atoms with van der Waals surface area (Å²) in [6.45, 7) is 0. The molecule has 80 valence electrons. The van der Waals surface area contributed by atoms with Gasteiger partial charge in [0.1, 0.15) is 6.29 Å². The number of aldehydes is 1. The zero-order valence-corrected chi connectivity index (χ0v) is 9.38. The first-order valence-corrected chi connectivity index (χ1v) is 6.54. The lowest BCUT2D eigenvalue weighted by atomic mass is 9.99. The van der Waals surface area contributed by atoms with Crippen molar-refractivity contribution in [3.8, 4) is 0 Å². The van der Waals surface area contributed by atoms with Gasteiger partial charge in [0.25, 0.3) is 0 Å². The predicted molar refractivity (Wildman–Crippen MR) is 56.9 cm³/mol. The Kier molecular flexibility index (Phi) is 2.56. The highest BCUT2D eigenvalue weighted by atomic mass is 35.5. The number of rotatable bonds is 2. The summed E-state index contributed by atoms with van der Waals surface area (Å²) in [5, 5.41) is 0.431. The molecule has 0 radical (unpaired) electrons. The highest BCUT2D eigenvalue weighted by Gasteiger charge is 2.35. The fourth-order valence-electron chi connectivity index (χ4n) is 1.92. The fourth-order valence-corrected chi connectivity index (χ4v) is 4.22. The van der Waals surface area contributed by atoms with Crippen LogP contribution in [-0.4, -0.2) is 20.5 Å². The normalized spacial score (nSPS) is 22.3. The van der Waals surface area contributed by atoms with E-state index in [1.165, 1.54) is 0 Å². The largest absolute Gasteiger partial charge is 0.303 e. The van der Waals surface area contributed by atoms with Crippen molar-refractivity contribution in [2.75, 3.05) is 5.75 Å². The predicted octanol–water partition coefficient (Wildman–Crippen LogP) is 1.80. The fraction of sp³-hybridized carbons (Fsp3) is 0.300. The first-order valence-electron chi connectivity index (χ1n) is 4.51. The Morgan fingerprint density at radius 3 is 2.87 bits per heavy atom. The Hall–Kier alpha value is -0.870. The summed E-state index contributed by atoms with van der Waals surface area (Å²) in [6, 6.07) is 4.81. The van der Waals surface area contributed by atoms with Crippen LogP contribution in [0.1, 0.15) is 17.9 Å². The van der Waals surface area contributed by atoms with Gasteiger partial charge in [0.2, 0.25) is 0 Å². The molecule has 0 spiro atoms. The quantitative estimate of drug-likeness (QED) is 0.746. The summed E-state index contributed by atoms with van der Waals surface area (Å²) >= 11 is 5.95. The molecule has 1 atom stereocenters. The standard InChI is InChI=1S/C10H9ClO3S/c11-8-2-1-3-9-10(8)7(4-5-12)6-15(9,13)14/h1-3,5,7H,4,6H2. The summed E-state index contributed by atoms with van der Waals surface area (Å²) < 4.78 is 23.4. The van der Waals surface area contributed by atoms with Crippen LogP contribution >= 0.6 is 11.6 Å². The van der Waals surface area contributed by atoms with Gasteiger partial charge in [-0.05, 0) is 17.7 Å². The van der Waals surface area contributed by atoms with Gasteiger partial charge in [-0.2, -0.15) is 0 Å². The van der Waals surface area contributed by atoms with E-state index in [0.29, 0.717) is 10.6 Å². The molecule has 0 bridgehead atoms. The zero-order chi connectivity index (χ0) is 11.1. The van der Waals surface area contributed by atoms with E-state index in [1.807, 2.05) is 0 Å². The minimum atomic E-state index is -3.24. The molecule has 0 fully saturated rings. The molecule has 0 aromatic heterocycles. The van der Waals surface area contributed by atoms with Gasteiger partial charge in [-0.3, -0.25) is 0 Å². The molecule has 0 amide bonds. The maximum Gasteiger partial charge on any atom is 0.179 e. The van der Waals surface area contributed by atoms with Crippen LogP contribution in [0.5, 0.6) is 0 Å². The molecule has 5 heteroatoms. The van der Waals surface area contributed by atoms with Gasteiger partial charge in [0.15, 0.2) is 9.84 Å². The minimum Gasteiger partial charge on any atom is -0.303 e.